The molecule has 3 nitrogen and oxygen atoms in total. The molecule has 0 aromatic carbocycles. The standard InChI is InChI=1S/C11H19N3/c1-9-6-12-4-3-11(9)5-10-7-13-14(2)8-10/h7-9,11-12H,3-6H2,1-2H3. The summed E-state index contributed by atoms with van der Waals surface area (Å²) in [6.45, 7) is 4.69. The molecule has 0 bridgehead atoms. The van der Waals surface area contributed by atoms with Crippen molar-refractivity contribution in [3.63, 3.8) is 0 Å². The van der Waals surface area contributed by atoms with Gasteiger partial charge in [0.1, 0.15) is 0 Å². The Kier molecular flexibility index (Phi) is 2.87. The molecule has 1 fully saturated rings. The van der Waals surface area contributed by atoms with E-state index in [-0.39, 0.29) is 0 Å². The van der Waals surface area contributed by atoms with Crippen LogP contribution in [0.1, 0.15) is 18.9 Å². The van der Waals surface area contributed by atoms with E-state index in [4.69, 9.17) is 0 Å². The Morgan fingerprint density at radius 1 is 1.64 bits per heavy atom. The Morgan fingerprint density at radius 3 is 3.14 bits per heavy atom. The van der Waals surface area contributed by atoms with Crippen LogP contribution in [0.2, 0.25) is 0 Å². The van der Waals surface area contributed by atoms with Crippen molar-refractivity contribution in [2.24, 2.45) is 18.9 Å². The number of nitrogens with zero attached hydrogens (tertiary/aromatic N) is 2. The van der Waals surface area contributed by atoms with Crippen LogP contribution in [0.3, 0.4) is 0 Å². The van der Waals surface area contributed by atoms with Crippen LogP contribution in [0.4, 0.5) is 0 Å². The van der Waals surface area contributed by atoms with Gasteiger partial charge in [-0.3, -0.25) is 4.68 Å². The third kappa shape index (κ3) is 2.15. The minimum atomic E-state index is 0.795. The summed E-state index contributed by atoms with van der Waals surface area (Å²) in [6.07, 6.45) is 6.62. The second-order valence-corrected chi connectivity index (χ2v) is 4.46. The zero-order chi connectivity index (χ0) is 9.97. The van der Waals surface area contributed by atoms with Crippen LogP contribution in [0.15, 0.2) is 12.4 Å². The zero-order valence-electron chi connectivity index (χ0n) is 9.03. The van der Waals surface area contributed by atoms with Crippen molar-refractivity contribution in [2.75, 3.05) is 13.1 Å². The van der Waals surface area contributed by atoms with Gasteiger partial charge in [-0.2, -0.15) is 5.10 Å². The van der Waals surface area contributed by atoms with Gasteiger partial charge in [0.25, 0.3) is 0 Å². The lowest BCUT2D eigenvalue weighted by Crippen LogP contribution is -2.35. The molecule has 0 spiro atoms. The van der Waals surface area contributed by atoms with Crippen molar-refractivity contribution >= 4 is 0 Å². The Hall–Kier alpha value is -0.830. The van der Waals surface area contributed by atoms with Crippen LogP contribution in [0, 0.1) is 11.8 Å². The zero-order valence-corrected chi connectivity index (χ0v) is 9.03. The largest absolute Gasteiger partial charge is 0.316 e. The molecule has 1 aromatic heterocycles. The van der Waals surface area contributed by atoms with E-state index >= 15 is 0 Å². The lowest BCUT2D eigenvalue weighted by Gasteiger charge is -2.29. The maximum atomic E-state index is 4.21. The Balaban J connectivity index is 1.95. The first-order valence-electron chi connectivity index (χ1n) is 5.44. The molecule has 0 radical (unpaired) electrons. The van der Waals surface area contributed by atoms with Gasteiger partial charge in [-0.15, -0.1) is 0 Å². The first-order valence-corrected chi connectivity index (χ1v) is 5.44. The minimum Gasteiger partial charge on any atom is -0.316 e. The van der Waals surface area contributed by atoms with E-state index in [0.717, 1.165) is 11.8 Å². The van der Waals surface area contributed by atoms with Crippen molar-refractivity contribution in [2.45, 2.75) is 19.8 Å². The molecule has 0 amide bonds. The van der Waals surface area contributed by atoms with Crippen LogP contribution in [-0.2, 0) is 13.5 Å². The maximum Gasteiger partial charge on any atom is 0.0521 e. The first kappa shape index (κ1) is 9.71. The van der Waals surface area contributed by atoms with Crippen molar-refractivity contribution in [1.82, 2.24) is 15.1 Å². The summed E-state index contributed by atoms with van der Waals surface area (Å²) < 4.78 is 1.89. The smallest absolute Gasteiger partial charge is 0.0521 e. The normalized spacial score (nSPS) is 27.9. The fourth-order valence-electron chi connectivity index (χ4n) is 2.25. The van der Waals surface area contributed by atoms with Gasteiger partial charge in [0, 0.05) is 13.2 Å². The summed E-state index contributed by atoms with van der Waals surface area (Å²) in [4.78, 5) is 0. The minimum absolute atomic E-state index is 0.795. The van der Waals surface area contributed by atoms with Gasteiger partial charge in [-0.25, -0.2) is 0 Å². The Labute approximate surface area is 85.5 Å². The van der Waals surface area contributed by atoms with Crippen molar-refractivity contribution < 1.29 is 0 Å². The molecule has 1 saturated heterocycles. The fraction of sp³-hybridized carbons (Fsp3) is 0.727. The second-order valence-electron chi connectivity index (χ2n) is 4.46. The van der Waals surface area contributed by atoms with Gasteiger partial charge < -0.3 is 5.32 Å². The molecular formula is C11H19N3. The summed E-state index contributed by atoms with van der Waals surface area (Å²) in [5, 5.41) is 7.64. The maximum absolute atomic E-state index is 4.21. The predicted molar refractivity (Wildman–Crippen MR) is 57.1 cm³/mol. The molecule has 1 aliphatic rings. The SMILES string of the molecule is CC1CNCCC1Cc1cnn(C)c1. The second kappa shape index (κ2) is 4.13. The molecule has 2 unspecified atom stereocenters. The molecule has 78 valence electrons. The lowest BCUT2D eigenvalue weighted by molar-refractivity contribution is 0.272. The van der Waals surface area contributed by atoms with E-state index in [9.17, 15) is 0 Å². The van der Waals surface area contributed by atoms with Crippen LogP contribution >= 0.6 is 0 Å². The van der Waals surface area contributed by atoms with Crippen molar-refractivity contribution in [1.29, 1.82) is 0 Å². The molecule has 2 rings (SSSR count). The molecule has 1 N–H and O–H groups in total. The summed E-state index contributed by atoms with van der Waals surface area (Å²) >= 11 is 0. The number of aryl methyl sites for hydroxylation is 1. The summed E-state index contributed by atoms with van der Waals surface area (Å²) in [7, 11) is 1.98. The molecule has 2 atom stereocenters. The quantitative estimate of drug-likeness (QED) is 0.765. The average Bonchev–Trinajstić information content (AvgIpc) is 2.56. The van der Waals surface area contributed by atoms with Gasteiger partial charge in [-0.1, -0.05) is 6.92 Å². The highest BCUT2D eigenvalue weighted by molar-refractivity contribution is 5.05. The summed E-state index contributed by atoms with van der Waals surface area (Å²) in [6, 6.07) is 0. The van der Waals surface area contributed by atoms with Crippen molar-refractivity contribution in [3.8, 4) is 0 Å². The lowest BCUT2D eigenvalue weighted by atomic mass is 9.84. The average molecular weight is 193 g/mol. The van der Waals surface area contributed by atoms with E-state index < -0.39 is 0 Å². The highest BCUT2D eigenvalue weighted by atomic mass is 15.2. The van der Waals surface area contributed by atoms with Crippen LogP contribution in [0.25, 0.3) is 0 Å². The molecule has 1 aromatic rings. The molecule has 3 heteroatoms. The number of piperidine rings is 1. The Morgan fingerprint density at radius 2 is 2.50 bits per heavy atom. The van der Waals surface area contributed by atoms with Crippen molar-refractivity contribution in [3.05, 3.63) is 18.0 Å². The molecular weight excluding hydrogens is 174 g/mol. The van der Waals surface area contributed by atoms with E-state index in [1.165, 1.54) is 31.5 Å². The third-order valence-corrected chi connectivity index (χ3v) is 3.22. The van der Waals surface area contributed by atoms with E-state index in [0.29, 0.717) is 0 Å². The highest BCUT2D eigenvalue weighted by Crippen LogP contribution is 2.22. The first-order chi connectivity index (χ1) is 6.75. The number of nitrogens with one attached hydrogen (secondary N) is 1. The summed E-state index contributed by atoms with van der Waals surface area (Å²) in [5.74, 6) is 1.63. The number of aromatic nitrogens is 2. The van der Waals surface area contributed by atoms with E-state index in [1.807, 2.05) is 17.9 Å². The van der Waals surface area contributed by atoms with Gasteiger partial charge in [0.15, 0.2) is 0 Å². The topological polar surface area (TPSA) is 29.9 Å². The summed E-state index contributed by atoms with van der Waals surface area (Å²) in [5.41, 5.74) is 1.38. The van der Waals surface area contributed by atoms with E-state index in [2.05, 4.69) is 23.5 Å². The van der Waals surface area contributed by atoms with Crippen LogP contribution in [0.5, 0.6) is 0 Å². The highest BCUT2D eigenvalue weighted by Gasteiger charge is 2.21. The molecule has 0 saturated carbocycles. The van der Waals surface area contributed by atoms with Gasteiger partial charge in [-0.05, 0) is 43.3 Å². The molecule has 2 heterocycles. The monoisotopic (exact) mass is 193 g/mol. The third-order valence-electron chi connectivity index (χ3n) is 3.22. The predicted octanol–water partition coefficient (Wildman–Crippen LogP) is 1.21. The van der Waals surface area contributed by atoms with Gasteiger partial charge in [0.05, 0.1) is 6.20 Å². The molecule has 14 heavy (non-hydrogen) atoms. The van der Waals surface area contributed by atoms with Crippen LogP contribution in [-0.4, -0.2) is 22.9 Å². The van der Waals surface area contributed by atoms with Crippen LogP contribution < -0.4 is 5.32 Å². The molecule has 0 aliphatic carbocycles. The number of hydrogen-bond acceptors (Lipinski definition) is 2. The van der Waals surface area contributed by atoms with E-state index in [1.54, 1.807) is 0 Å². The van der Waals surface area contributed by atoms with Gasteiger partial charge in [0.2, 0.25) is 0 Å². The number of rotatable bonds is 2. The van der Waals surface area contributed by atoms with Gasteiger partial charge >= 0.3 is 0 Å². The fourth-order valence-corrected chi connectivity index (χ4v) is 2.25. The molecule has 1 aliphatic heterocycles. The Bertz CT molecular complexity index is 292. The number of hydrogen-bond donors (Lipinski definition) is 1.